The fourth-order valence-electron chi connectivity index (χ4n) is 2.55. The first-order valence-corrected chi connectivity index (χ1v) is 7.86. The van der Waals surface area contributed by atoms with Crippen molar-refractivity contribution in [3.8, 4) is 0 Å². The van der Waals surface area contributed by atoms with Gasteiger partial charge in [-0.2, -0.15) is 0 Å². The van der Waals surface area contributed by atoms with Gasteiger partial charge in [-0.3, -0.25) is 0 Å². The van der Waals surface area contributed by atoms with Gasteiger partial charge in [0.25, 0.3) is 0 Å². The summed E-state index contributed by atoms with van der Waals surface area (Å²) in [7, 11) is 0. The van der Waals surface area contributed by atoms with Crippen LogP contribution in [0.5, 0.6) is 0 Å². The molecule has 2 saturated heterocycles. The van der Waals surface area contributed by atoms with Crippen LogP contribution >= 0.6 is 11.8 Å². The van der Waals surface area contributed by atoms with Crippen LogP contribution in [-0.2, 0) is 14.2 Å². The predicted molar refractivity (Wildman–Crippen MR) is 74.2 cm³/mol. The first kappa shape index (κ1) is 14.3. The molecule has 0 bridgehead atoms. The monoisotopic (exact) mass is 298 g/mol. The molecule has 2 aliphatic heterocycles. The highest BCUT2D eigenvalue weighted by molar-refractivity contribution is 7.99. The van der Waals surface area contributed by atoms with Crippen molar-refractivity contribution >= 4 is 11.8 Å². The van der Waals surface area contributed by atoms with Crippen molar-refractivity contribution in [2.24, 2.45) is 0 Å². The number of aliphatic hydroxyl groups excluding tert-OH is 2. The van der Waals surface area contributed by atoms with Crippen LogP contribution in [0.15, 0.2) is 30.3 Å². The van der Waals surface area contributed by atoms with Crippen LogP contribution in [0, 0.1) is 0 Å². The third-order valence-electron chi connectivity index (χ3n) is 3.64. The molecule has 6 heteroatoms. The van der Waals surface area contributed by atoms with Crippen LogP contribution in [0.2, 0.25) is 0 Å². The van der Waals surface area contributed by atoms with Crippen molar-refractivity contribution in [2.75, 3.05) is 12.9 Å². The summed E-state index contributed by atoms with van der Waals surface area (Å²) in [5.74, 6) is 0. The number of thioether (sulfide) groups is 1. The SMILES string of the molecule is CS[C@H]1O[C@@H]2COC(c3ccccc3)O[C@H]2[C@H](O)[C@@H]1O. The number of hydrogen-bond acceptors (Lipinski definition) is 6. The molecule has 1 aromatic rings. The van der Waals surface area contributed by atoms with Gasteiger partial charge in [0.15, 0.2) is 6.29 Å². The van der Waals surface area contributed by atoms with Crippen molar-refractivity contribution in [2.45, 2.75) is 36.1 Å². The highest BCUT2D eigenvalue weighted by Gasteiger charge is 2.48. The zero-order chi connectivity index (χ0) is 14.1. The smallest absolute Gasteiger partial charge is 0.184 e. The van der Waals surface area contributed by atoms with Crippen LogP contribution in [0.25, 0.3) is 0 Å². The number of benzene rings is 1. The minimum atomic E-state index is -0.971. The average Bonchev–Trinajstić information content (AvgIpc) is 2.51. The third kappa shape index (κ3) is 2.59. The molecule has 0 saturated carbocycles. The Hall–Kier alpha value is -0.630. The summed E-state index contributed by atoms with van der Waals surface area (Å²) < 4.78 is 17.2. The molecule has 6 atom stereocenters. The van der Waals surface area contributed by atoms with Crippen molar-refractivity contribution in [1.82, 2.24) is 0 Å². The maximum atomic E-state index is 10.2. The molecule has 2 aliphatic rings. The molecule has 1 unspecified atom stereocenters. The quantitative estimate of drug-likeness (QED) is 0.846. The van der Waals surface area contributed by atoms with Crippen molar-refractivity contribution < 1.29 is 24.4 Å². The Kier molecular flexibility index (Phi) is 4.30. The average molecular weight is 298 g/mol. The number of fused-ring (bicyclic) bond motifs is 1. The van der Waals surface area contributed by atoms with Gasteiger partial charge in [0.2, 0.25) is 0 Å². The van der Waals surface area contributed by atoms with Crippen molar-refractivity contribution in [1.29, 1.82) is 0 Å². The van der Waals surface area contributed by atoms with E-state index in [-0.39, 0.29) is 6.10 Å². The van der Waals surface area contributed by atoms with E-state index < -0.39 is 30.0 Å². The van der Waals surface area contributed by atoms with Gasteiger partial charge < -0.3 is 24.4 Å². The zero-order valence-corrected chi connectivity index (χ0v) is 11.9. The standard InChI is InChI=1S/C14H18O5S/c1-20-14-11(16)10(15)12-9(18-14)7-17-13(19-12)8-5-3-2-4-6-8/h2-6,9-16H,7H2,1H3/t9-,10-,11+,12-,13?,14-/m1/s1. The lowest BCUT2D eigenvalue weighted by atomic mass is 9.99. The van der Waals surface area contributed by atoms with Crippen LogP contribution in [0.4, 0.5) is 0 Å². The molecule has 0 spiro atoms. The van der Waals surface area contributed by atoms with Crippen LogP contribution in [0.3, 0.4) is 0 Å². The van der Waals surface area contributed by atoms with E-state index in [1.165, 1.54) is 11.8 Å². The molecule has 1 aromatic carbocycles. The van der Waals surface area contributed by atoms with Gasteiger partial charge >= 0.3 is 0 Å². The molecule has 0 radical (unpaired) electrons. The maximum Gasteiger partial charge on any atom is 0.184 e. The molecule has 2 N–H and O–H groups in total. The zero-order valence-electron chi connectivity index (χ0n) is 11.1. The summed E-state index contributed by atoms with van der Waals surface area (Å²) in [4.78, 5) is 0. The number of rotatable bonds is 2. The summed E-state index contributed by atoms with van der Waals surface area (Å²) in [6.45, 7) is 0.338. The normalized spacial score (nSPS) is 41.1. The molecule has 2 fully saturated rings. The maximum absolute atomic E-state index is 10.2. The predicted octanol–water partition coefficient (Wildman–Crippen LogP) is 0.910. The van der Waals surface area contributed by atoms with Gasteiger partial charge in [-0.1, -0.05) is 30.3 Å². The molecule has 3 rings (SSSR count). The van der Waals surface area contributed by atoms with Gasteiger partial charge in [-0.25, -0.2) is 0 Å². The van der Waals surface area contributed by atoms with Crippen LogP contribution in [-0.4, -0.2) is 52.9 Å². The molecule has 20 heavy (non-hydrogen) atoms. The van der Waals surface area contributed by atoms with Gasteiger partial charge in [-0.15, -0.1) is 11.8 Å². The summed E-state index contributed by atoms with van der Waals surface area (Å²) >= 11 is 1.37. The third-order valence-corrected chi connectivity index (χ3v) is 4.49. The van der Waals surface area contributed by atoms with Gasteiger partial charge in [-0.05, 0) is 6.26 Å². The molecule has 5 nitrogen and oxygen atoms in total. The van der Waals surface area contributed by atoms with E-state index in [9.17, 15) is 10.2 Å². The van der Waals surface area contributed by atoms with Crippen LogP contribution in [0.1, 0.15) is 11.9 Å². The van der Waals surface area contributed by atoms with E-state index in [0.29, 0.717) is 6.61 Å². The Morgan fingerprint density at radius 3 is 2.55 bits per heavy atom. The first-order chi connectivity index (χ1) is 9.70. The summed E-state index contributed by atoms with van der Waals surface area (Å²) in [6, 6.07) is 9.53. The topological polar surface area (TPSA) is 68.2 Å². The molecule has 0 aliphatic carbocycles. The van der Waals surface area contributed by atoms with Gasteiger partial charge in [0.1, 0.15) is 29.9 Å². The molecule has 2 heterocycles. The van der Waals surface area contributed by atoms with E-state index >= 15 is 0 Å². The number of hydrogen-bond donors (Lipinski definition) is 2. The number of ether oxygens (including phenoxy) is 3. The second-order valence-electron chi connectivity index (χ2n) is 4.94. The van der Waals surface area contributed by atoms with Crippen molar-refractivity contribution in [3.05, 3.63) is 35.9 Å². The van der Waals surface area contributed by atoms with E-state index in [4.69, 9.17) is 14.2 Å². The Labute approximate surface area is 121 Å². The second-order valence-corrected chi connectivity index (χ2v) is 5.87. The Morgan fingerprint density at radius 2 is 1.85 bits per heavy atom. The molecule has 0 amide bonds. The Bertz CT molecular complexity index is 440. The summed E-state index contributed by atoms with van der Waals surface area (Å²) in [5.41, 5.74) is 0.436. The first-order valence-electron chi connectivity index (χ1n) is 6.57. The minimum Gasteiger partial charge on any atom is -0.387 e. The molecular formula is C14H18O5S. The lowest BCUT2D eigenvalue weighted by molar-refractivity contribution is -0.318. The lowest BCUT2D eigenvalue weighted by Crippen LogP contribution is -2.60. The summed E-state index contributed by atoms with van der Waals surface area (Å²) in [6.07, 6.45) is -1.56. The fourth-order valence-corrected chi connectivity index (χ4v) is 3.25. The van der Waals surface area contributed by atoms with Gasteiger partial charge in [0, 0.05) is 5.56 Å². The van der Waals surface area contributed by atoms with E-state index in [0.717, 1.165) is 5.56 Å². The van der Waals surface area contributed by atoms with E-state index in [2.05, 4.69) is 0 Å². The Morgan fingerprint density at radius 1 is 1.10 bits per heavy atom. The molecule has 0 aromatic heterocycles. The number of aliphatic hydroxyl groups is 2. The molecular weight excluding hydrogens is 280 g/mol. The minimum absolute atomic E-state index is 0.338. The fraction of sp³-hybridized carbons (Fsp3) is 0.571. The Balaban J connectivity index is 1.74. The van der Waals surface area contributed by atoms with Crippen molar-refractivity contribution in [3.63, 3.8) is 0 Å². The summed E-state index contributed by atoms with van der Waals surface area (Å²) in [5, 5.41) is 20.2. The molecule has 110 valence electrons. The largest absolute Gasteiger partial charge is 0.387 e. The van der Waals surface area contributed by atoms with Crippen LogP contribution < -0.4 is 0 Å². The van der Waals surface area contributed by atoms with E-state index in [1.54, 1.807) is 0 Å². The van der Waals surface area contributed by atoms with E-state index in [1.807, 2.05) is 36.6 Å². The lowest BCUT2D eigenvalue weighted by Gasteiger charge is -2.46. The highest BCUT2D eigenvalue weighted by atomic mass is 32.2. The van der Waals surface area contributed by atoms with Gasteiger partial charge in [0.05, 0.1) is 6.61 Å². The second kappa shape index (κ2) is 6.01. The highest BCUT2D eigenvalue weighted by Crippen LogP contribution is 2.35.